The summed E-state index contributed by atoms with van der Waals surface area (Å²) in [7, 11) is 2.86. The highest BCUT2D eigenvalue weighted by molar-refractivity contribution is 6.18. The van der Waals surface area contributed by atoms with E-state index in [2.05, 4.69) is 15.2 Å². The molecule has 0 atom stereocenters. The Bertz CT molecular complexity index is 1050. The van der Waals surface area contributed by atoms with Gasteiger partial charge in [-0.2, -0.15) is 5.10 Å². The molecule has 1 heterocycles. The summed E-state index contributed by atoms with van der Waals surface area (Å²) in [6.45, 7) is 1.93. The molecule has 7 nitrogen and oxygen atoms in total. The number of hydrogen-bond acceptors (Lipinski definition) is 5. The number of ketones is 1. The fourth-order valence-corrected chi connectivity index (χ4v) is 2.76. The highest BCUT2D eigenvalue weighted by Crippen LogP contribution is 2.19. The Hall–Kier alpha value is -3.74. The Kier molecular flexibility index (Phi) is 5.35. The monoisotopic (exact) mass is 377 g/mol. The average Bonchev–Trinajstić information content (AvgIpc) is 3.07. The first-order valence-corrected chi connectivity index (χ1v) is 8.54. The standard InChI is InChI=1S/C21H19N3O4/c1-13-8-10-14(11-9-13)19(25)15-6-4-5-7-16(15)20(26)22-17-12-24(2)23-18(17)21(27)28-3/h4-12H,1-3H3,(H,22,26). The molecule has 28 heavy (non-hydrogen) atoms. The van der Waals surface area contributed by atoms with Crippen molar-refractivity contribution in [2.24, 2.45) is 7.05 Å². The van der Waals surface area contributed by atoms with Crippen LogP contribution in [0.3, 0.4) is 0 Å². The van der Waals surface area contributed by atoms with Crippen LogP contribution in [0.15, 0.2) is 54.7 Å². The number of methoxy groups -OCH3 is 1. The largest absolute Gasteiger partial charge is 0.464 e. The molecule has 0 bridgehead atoms. The number of benzene rings is 2. The molecule has 0 aliphatic heterocycles. The molecule has 142 valence electrons. The van der Waals surface area contributed by atoms with Crippen LogP contribution in [0.1, 0.15) is 42.3 Å². The van der Waals surface area contributed by atoms with E-state index in [9.17, 15) is 14.4 Å². The maximum atomic E-state index is 12.9. The van der Waals surface area contributed by atoms with Gasteiger partial charge in [-0.15, -0.1) is 0 Å². The minimum absolute atomic E-state index is 0.0132. The van der Waals surface area contributed by atoms with Crippen LogP contribution in [0.2, 0.25) is 0 Å². The molecule has 1 aromatic heterocycles. The van der Waals surface area contributed by atoms with E-state index in [4.69, 9.17) is 0 Å². The van der Waals surface area contributed by atoms with Crippen LogP contribution >= 0.6 is 0 Å². The van der Waals surface area contributed by atoms with Gasteiger partial charge in [0.05, 0.1) is 18.4 Å². The summed E-state index contributed by atoms with van der Waals surface area (Å²) in [6.07, 6.45) is 1.49. The molecule has 0 aliphatic carbocycles. The van der Waals surface area contributed by atoms with Crippen LogP contribution in [-0.4, -0.2) is 34.6 Å². The normalized spacial score (nSPS) is 10.4. The van der Waals surface area contributed by atoms with E-state index in [1.807, 2.05) is 19.1 Å². The molecular formula is C21H19N3O4. The Balaban J connectivity index is 1.93. The lowest BCUT2D eigenvalue weighted by atomic mass is 9.97. The maximum absolute atomic E-state index is 12.9. The van der Waals surface area contributed by atoms with Crippen LogP contribution in [0.4, 0.5) is 5.69 Å². The molecule has 7 heteroatoms. The third kappa shape index (κ3) is 3.83. The number of aromatic nitrogens is 2. The second-order valence-electron chi connectivity index (χ2n) is 6.25. The topological polar surface area (TPSA) is 90.3 Å². The van der Waals surface area contributed by atoms with E-state index >= 15 is 0 Å². The quantitative estimate of drug-likeness (QED) is 0.545. The maximum Gasteiger partial charge on any atom is 0.360 e. The van der Waals surface area contributed by atoms with Gasteiger partial charge >= 0.3 is 5.97 Å². The van der Waals surface area contributed by atoms with Crippen LogP contribution in [0, 0.1) is 6.92 Å². The molecule has 3 rings (SSSR count). The molecule has 0 spiro atoms. The number of hydrogen-bond donors (Lipinski definition) is 1. The minimum atomic E-state index is -0.667. The first-order chi connectivity index (χ1) is 13.4. The van der Waals surface area contributed by atoms with E-state index in [0.29, 0.717) is 5.56 Å². The molecule has 0 aliphatic rings. The highest BCUT2D eigenvalue weighted by atomic mass is 16.5. The van der Waals surface area contributed by atoms with Crippen molar-refractivity contribution in [1.29, 1.82) is 0 Å². The Labute approximate surface area is 161 Å². The van der Waals surface area contributed by atoms with E-state index < -0.39 is 11.9 Å². The number of nitrogens with one attached hydrogen (secondary N) is 1. The van der Waals surface area contributed by atoms with E-state index in [1.54, 1.807) is 43.4 Å². The predicted molar refractivity (Wildman–Crippen MR) is 104 cm³/mol. The smallest absolute Gasteiger partial charge is 0.360 e. The Morgan fingerprint density at radius 1 is 1.00 bits per heavy atom. The zero-order valence-corrected chi connectivity index (χ0v) is 15.7. The molecular weight excluding hydrogens is 358 g/mol. The van der Waals surface area contributed by atoms with Gasteiger partial charge in [-0.05, 0) is 13.0 Å². The molecule has 2 aromatic carbocycles. The summed E-state index contributed by atoms with van der Waals surface area (Å²) < 4.78 is 6.08. The summed E-state index contributed by atoms with van der Waals surface area (Å²) >= 11 is 0. The van der Waals surface area contributed by atoms with Crippen molar-refractivity contribution in [2.45, 2.75) is 6.92 Å². The van der Waals surface area contributed by atoms with E-state index in [0.717, 1.165) is 5.56 Å². The first-order valence-electron chi connectivity index (χ1n) is 8.54. The lowest BCUT2D eigenvalue weighted by molar-refractivity contribution is 0.0594. The van der Waals surface area contributed by atoms with Crippen molar-refractivity contribution in [2.75, 3.05) is 12.4 Å². The van der Waals surface area contributed by atoms with Gasteiger partial charge in [-0.1, -0.05) is 48.0 Å². The second-order valence-corrected chi connectivity index (χ2v) is 6.25. The summed E-state index contributed by atoms with van der Waals surface area (Å²) in [4.78, 5) is 37.6. The minimum Gasteiger partial charge on any atom is -0.464 e. The number of carbonyl (C=O) groups excluding carboxylic acids is 3. The van der Waals surface area contributed by atoms with E-state index in [-0.39, 0.29) is 28.3 Å². The number of nitrogens with zero attached hydrogens (tertiary/aromatic N) is 2. The molecule has 1 N–H and O–H groups in total. The highest BCUT2D eigenvalue weighted by Gasteiger charge is 2.22. The third-order valence-corrected chi connectivity index (χ3v) is 4.19. The third-order valence-electron chi connectivity index (χ3n) is 4.19. The van der Waals surface area contributed by atoms with Gasteiger partial charge in [0, 0.05) is 24.4 Å². The lowest BCUT2D eigenvalue weighted by Gasteiger charge is -2.09. The number of anilines is 1. The molecule has 0 fully saturated rings. The second kappa shape index (κ2) is 7.87. The zero-order valence-electron chi connectivity index (χ0n) is 15.7. The van der Waals surface area contributed by atoms with Gasteiger partial charge in [0.1, 0.15) is 0 Å². The molecule has 0 saturated carbocycles. The van der Waals surface area contributed by atoms with Crippen molar-refractivity contribution in [3.8, 4) is 0 Å². The van der Waals surface area contributed by atoms with Crippen molar-refractivity contribution >= 4 is 23.3 Å². The van der Waals surface area contributed by atoms with Gasteiger partial charge in [0.15, 0.2) is 11.5 Å². The number of ether oxygens (including phenoxy) is 1. The van der Waals surface area contributed by atoms with Gasteiger partial charge in [0.2, 0.25) is 0 Å². The van der Waals surface area contributed by atoms with Gasteiger partial charge in [-0.3, -0.25) is 14.3 Å². The molecule has 0 unspecified atom stereocenters. The van der Waals surface area contributed by atoms with Crippen molar-refractivity contribution in [3.05, 3.63) is 82.7 Å². The average molecular weight is 377 g/mol. The number of amides is 1. The van der Waals surface area contributed by atoms with Gasteiger partial charge < -0.3 is 10.1 Å². The fraction of sp³-hybridized carbons (Fsp3) is 0.143. The van der Waals surface area contributed by atoms with E-state index in [1.165, 1.54) is 18.0 Å². The summed E-state index contributed by atoms with van der Waals surface area (Å²) in [5.74, 6) is -1.45. The van der Waals surface area contributed by atoms with Crippen molar-refractivity contribution < 1.29 is 19.1 Å². The molecule has 1 amide bonds. The van der Waals surface area contributed by atoms with Gasteiger partial charge in [0.25, 0.3) is 5.91 Å². The van der Waals surface area contributed by atoms with Crippen LogP contribution in [0.25, 0.3) is 0 Å². The van der Waals surface area contributed by atoms with Crippen LogP contribution in [-0.2, 0) is 11.8 Å². The lowest BCUT2D eigenvalue weighted by Crippen LogP contribution is -2.18. The SMILES string of the molecule is COC(=O)c1nn(C)cc1NC(=O)c1ccccc1C(=O)c1ccc(C)cc1. The Morgan fingerprint density at radius 3 is 2.29 bits per heavy atom. The van der Waals surface area contributed by atoms with Crippen LogP contribution < -0.4 is 5.32 Å². The number of esters is 1. The van der Waals surface area contributed by atoms with Gasteiger partial charge in [-0.25, -0.2) is 4.79 Å². The first kappa shape index (κ1) is 19.0. The fourth-order valence-electron chi connectivity index (χ4n) is 2.76. The zero-order chi connectivity index (χ0) is 20.3. The molecule has 3 aromatic rings. The molecule has 0 radical (unpaired) electrons. The van der Waals surface area contributed by atoms with Crippen molar-refractivity contribution in [1.82, 2.24) is 9.78 Å². The van der Waals surface area contributed by atoms with Crippen LogP contribution in [0.5, 0.6) is 0 Å². The predicted octanol–water partition coefficient (Wildman–Crippen LogP) is 3.00. The molecule has 0 saturated heterocycles. The van der Waals surface area contributed by atoms with Crippen molar-refractivity contribution in [3.63, 3.8) is 0 Å². The number of aryl methyl sites for hydroxylation is 2. The number of rotatable bonds is 5. The number of carbonyl (C=O) groups is 3. The Morgan fingerprint density at radius 2 is 1.64 bits per heavy atom. The summed E-state index contributed by atoms with van der Waals surface area (Å²) in [5.41, 5.74) is 2.19. The summed E-state index contributed by atoms with van der Waals surface area (Å²) in [6, 6.07) is 13.7. The summed E-state index contributed by atoms with van der Waals surface area (Å²) in [5, 5.41) is 6.65.